The quantitative estimate of drug-likeness (QED) is 0.870. The molecule has 1 N–H and O–H groups in total. The summed E-state index contributed by atoms with van der Waals surface area (Å²) in [5, 5.41) is 3.28. The van der Waals surface area contributed by atoms with Crippen LogP contribution in [0.25, 0.3) is 0 Å². The van der Waals surface area contributed by atoms with E-state index in [2.05, 4.69) is 5.32 Å². The molecule has 0 aliphatic carbocycles. The summed E-state index contributed by atoms with van der Waals surface area (Å²) in [6, 6.07) is 7.30. The fraction of sp³-hybridized carbons (Fsp3) is 0.294. The van der Waals surface area contributed by atoms with Crippen LogP contribution in [0.5, 0.6) is 34.5 Å². The van der Waals surface area contributed by atoms with Gasteiger partial charge in [0.1, 0.15) is 0 Å². The molecule has 1 heterocycles. The van der Waals surface area contributed by atoms with Crippen molar-refractivity contribution < 1.29 is 28.4 Å². The highest BCUT2D eigenvalue weighted by atomic mass is 16.7. The Bertz CT molecular complexity index is 721. The van der Waals surface area contributed by atoms with E-state index < -0.39 is 0 Å². The Hall–Kier alpha value is -2.96. The zero-order valence-electron chi connectivity index (χ0n) is 14.0. The van der Waals surface area contributed by atoms with Crippen LogP contribution in [0.3, 0.4) is 0 Å². The second-order valence-corrected chi connectivity index (χ2v) is 4.92. The van der Waals surface area contributed by atoms with Gasteiger partial charge in [0, 0.05) is 17.8 Å². The van der Waals surface area contributed by atoms with E-state index in [4.69, 9.17) is 28.4 Å². The highest BCUT2D eigenvalue weighted by Crippen LogP contribution is 2.48. The van der Waals surface area contributed by atoms with Gasteiger partial charge in [-0.3, -0.25) is 0 Å². The van der Waals surface area contributed by atoms with Gasteiger partial charge in [-0.25, -0.2) is 0 Å². The molecular weight excluding hydrogens is 314 g/mol. The van der Waals surface area contributed by atoms with Crippen LogP contribution in [0.1, 0.15) is 0 Å². The molecule has 7 heteroatoms. The molecule has 24 heavy (non-hydrogen) atoms. The van der Waals surface area contributed by atoms with Crippen molar-refractivity contribution in [3.8, 4) is 34.5 Å². The van der Waals surface area contributed by atoms with E-state index in [1.807, 2.05) is 24.3 Å². The normalized spacial score (nSPS) is 11.8. The molecule has 0 atom stereocenters. The molecule has 0 aromatic heterocycles. The minimum absolute atomic E-state index is 0.152. The van der Waals surface area contributed by atoms with Crippen LogP contribution in [0.4, 0.5) is 11.4 Å². The molecule has 2 aromatic rings. The van der Waals surface area contributed by atoms with Gasteiger partial charge in [-0.05, 0) is 12.1 Å². The highest BCUT2D eigenvalue weighted by molar-refractivity contribution is 5.76. The van der Waals surface area contributed by atoms with Gasteiger partial charge in [0.05, 0.1) is 34.1 Å². The van der Waals surface area contributed by atoms with E-state index in [0.29, 0.717) is 34.5 Å². The summed E-state index contributed by atoms with van der Waals surface area (Å²) in [5.41, 5.74) is 1.50. The Morgan fingerprint density at radius 2 is 1.42 bits per heavy atom. The molecule has 0 spiro atoms. The third-order valence-electron chi connectivity index (χ3n) is 3.65. The zero-order valence-corrected chi connectivity index (χ0v) is 14.0. The summed E-state index contributed by atoms with van der Waals surface area (Å²) in [4.78, 5) is 0. The molecule has 7 nitrogen and oxygen atoms in total. The van der Waals surface area contributed by atoms with E-state index in [1.54, 1.807) is 28.4 Å². The van der Waals surface area contributed by atoms with Gasteiger partial charge in [0.25, 0.3) is 0 Å². The summed E-state index contributed by atoms with van der Waals surface area (Å²) in [7, 11) is 6.30. The Kier molecular flexibility index (Phi) is 4.41. The van der Waals surface area contributed by atoms with Gasteiger partial charge in [0.15, 0.2) is 23.0 Å². The number of hydrogen-bond donors (Lipinski definition) is 1. The molecule has 0 amide bonds. The third-order valence-corrected chi connectivity index (χ3v) is 3.65. The molecule has 3 rings (SSSR count). The van der Waals surface area contributed by atoms with Gasteiger partial charge in [0.2, 0.25) is 18.3 Å². The highest BCUT2D eigenvalue weighted by Gasteiger charge is 2.23. The van der Waals surface area contributed by atoms with Gasteiger partial charge < -0.3 is 33.7 Å². The van der Waals surface area contributed by atoms with Crippen molar-refractivity contribution in [2.45, 2.75) is 0 Å². The van der Waals surface area contributed by atoms with E-state index in [9.17, 15) is 0 Å². The SMILES string of the molecule is COc1cc(Nc2ccc(OC)c3c2OCO3)cc(OC)c1OC. The number of rotatable bonds is 6. The fourth-order valence-electron chi connectivity index (χ4n) is 2.54. The van der Waals surface area contributed by atoms with Crippen LogP contribution in [-0.4, -0.2) is 35.2 Å². The van der Waals surface area contributed by atoms with Crippen molar-refractivity contribution >= 4 is 11.4 Å². The largest absolute Gasteiger partial charge is 0.493 e. The molecular formula is C17H19NO6. The van der Waals surface area contributed by atoms with Crippen molar-refractivity contribution in [3.05, 3.63) is 24.3 Å². The maximum atomic E-state index is 5.55. The van der Waals surface area contributed by atoms with Gasteiger partial charge in [-0.1, -0.05) is 0 Å². The maximum absolute atomic E-state index is 5.55. The van der Waals surface area contributed by atoms with E-state index >= 15 is 0 Å². The zero-order chi connectivity index (χ0) is 17.1. The minimum atomic E-state index is 0.152. The number of ether oxygens (including phenoxy) is 6. The third kappa shape index (κ3) is 2.68. The number of benzene rings is 2. The second kappa shape index (κ2) is 6.66. The molecule has 1 aliphatic rings. The standard InChI is InChI=1S/C17H19NO6/c1-19-12-6-5-11(15-17(12)24-9-23-15)18-10-7-13(20-2)16(22-4)14(8-10)21-3/h5-8,18H,9H2,1-4H3. The number of methoxy groups -OCH3 is 4. The molecule has 128 valence electrons. The Morgan fingerprint density at radius 3 is 2.00 bits per heavy atom. The number of hydrogen-bond acceptors (Lipinski definition) is 7. The van der Waals surface area contributed by atoms with Gasteiger partial charge in [-0.15, -0.1) is 0 Å². The monoisotopic (exact) mass is 333 g/mol. The predicted molar refractivity (Wildman–Crippen MR) is 88.5 cm³/mol. The van der Waals surface area contributed by atoms with Crippen molar-refractivity contribution in [2.24, 2.45) is 0 Å². The smallest absolute Gasteiger partial charge is 0.231 e. The van der Waals surface area contributed by atoms with Gasteiger partial charge >= 0.3 is 0 Å². The summed E-state index contributed by atoms with van der Waals surface area (Å²) in [6.45, 7) is 0.152. The first-order chi connectivity index (χ1) is 11.7. The van der Waals surface area contributed by atoms with Crippen LogP contribution < -0.4 is 33.7 Å². The van der Waals surface area contributed by atoms with E-state index in [-0.39, 0.29) is 6.79 Å². The first-order valence-corrected chi connectivity index (χ1v) is 7.25. The van der Waals surface area contributed by atoms with Crippen molar-refractivity contribution in [1.82, 2.24) is 0 Å². The van der Waals surface area contributed by atoms with Crippen molar-refractivity contribution in [2.75, 3.05) is 40.5 Å². The van der Waals surface area contributed by atoms with Gasteiger partial charge in [-0.2, -0.15) is 0 Å². The maximum Gasteiger partial charge on any atom is 0.231 e. The first-order valence-electron chi connectivity index (χ1n) is 7.25. The molecule has 2 aromatic carbocycles. The fourth-order valence-corrected chi connectivity index (χ4v) is 2.54. The Labute approximate surface area is 140 Å². The molecule has 0 unspecified atom stereocenters. The van der Waals surface area contributed by atoms with E-state index in [1.165, 1.54) is 0 Å². The van der Waals surface area contributed by atoms with E-state index in [0.717, 1.165) is 11.4 Å². The Balaban J connectivity index is 1.99. The lowest BCUT2D eigenvalue weighted by Crippen LogP contribution is -1.99. The van der Waals surface area contributed by atoms with Crippen LogP contribution >= 0.6 is 0 Å². The summed E-state index contributed by atoms with van der Waals surface area (Å²) >= 11 is 0. The second-order valence-electron chi connectivity index (χ2n) is 4.92. The first kappa shape index (κ1) is 15.9. The summed E-state index contributed by atoms with van der Waals surface area (Å²) in [6.07, 6.45) is 0. The molecule has 1 aliphatic heterocycles. The minimum Gasteiger partial charge on any atom is -0.493 e. The number of nitrogens with one attached hydrogen (secondary N) is 1. The number of anilines is 2. The lowest BCUT2D eigenvalue weighted by molar-refractivity contribution is 0.171. The average Bonchev–Trinajstić information content (AvgIpc) is 3.11. The molecule has 0 bridgehead atoms. The predicted octanol–water partition coefficient (Wildman–Crippen LogP) is 3.19. The summed E-state index contributed by atoms with van der Waals surface area (Å²) < 4.78 is 32.4. The molecule has 0 fully saturated rings. The lowest BCUT2D eigenvalue weighted by Gasteiger charge is -2.16. The van der Waals surface area contributed by atoms with Crippen LogP contribution in [-0.2, 0) is 0 Å². The van der Waals surface area contributed by atoms with Crippen molar-refractivity contribution in [1.29, 1.82) is 0 Å². The van der Waals surface area contributed by atoms with Crippen LogP contribution in [0.2, 0.25) is 0 Å². The summed E-state index contributed by atoms with van der Waals surface area (Å²) in [5.74, 6) is 3.45. The number of fused-ring (bicyclic) bond motifs is 1. The van der Waals surface area contributed by atoms with Crippen LogP contribution in [0, 0.1) is 0 Å². The average molecular weight is 333 g/mol. The molecule has 0 saturated heterocycles. The lowest BCUT2D eigenvalue weighted by atomic mass is 10.2. The molecule has 0 saturated carbocycles. The van der Waals surface area contributed by atoms with Crippen LogP contribution in [0.15, 0.2) is 24.3 Å². The van der Waals surface area contributed by atoms with Crippen molar-refractivity contribution in [3.63, 3.8) is 0 Å². The molecule has 0 radical (unpaired) electrons. The Morgan fingerprint density at radius 1 is 0.792 bits per heavy atom. The topological polar surface area (TPSA) is 67.4 Å².